The van der Waals surface area contributed by atoms with Crippen molar-refractivity contribution in [2.24, 2.45) is 5.92 Å². The fourth-order valence-electron chi connectivity index (χ4n) is 1.81. The van der Waals surface area contributed by atoms with Crippen molar-refractivity contribution in [2.45, 2.75) is 32.6 Å². The molecule has 0 bridgehead atoms. The summed E-state index contributed by atoms with van der Waals surface area (Å²) in [4.78, 5) is 4.50. The Bertz CT molecular complexity index is 366. The third kappa shape index (κ3) is 5.92. The Morgan fingerprint density at radius 2 is 1.95 bits per heavy atom. The lowest BCUT2D eigenvalue weighted by Gasteiger charge is -2.08. The topological polar surface area (TPSA) is 46.2 Å². The first-order chi connectivity index (χ1) is 9.38. The molecule has 4 heteroatoms. The van der Waals surface area contributed by atoms with Gasteiger partial charge in [0.25, 0.3) is 0 Å². The Labute approximate surface area is 116 Å². The molecule has 1 fully saturated rings. The Morgan fingerprint density at radius 1 is 1.21 bits per heavy atom. The van der Waals surface area contributed by atoms with Gasteiger partial charge in [0.1, 0.15) is 11.6 Å². The molecule has 0 atom stereocenters. The highest BCUT2D eigenvalue weighted by molar-refractivity contribution is 5.44. The summed E-state index contributed by atoms with van der Waals surface area (Å²) in [5, 5.41) is 6.62. The normalized spacial score (nSPS) is 14.4. The average Bonchev–Trinajstić information content (AvgIpc) is 3.25. The number of hydrogen-bond donors (Lipinski definition) is 2. The van der Waals surface area contributed by atoms with Crippen LogP contribution in [0.5, 0.6) is 0 Å². The molecule has 0 aromatic carbocycles. The van der Waals surface area contributed by atoms with E-state index >= 15 is 0 Å². The van der Waals surface area contributed by atoms with Gasteiger partial charge in [-0.1, -0.05) is 13.0 Å². The van der Waals surface area contributed by atoms with Crippen molar-refractivity contribution in [2.75, 3.05) is 36.9 Å². The number of pyridine rings is 1. The molecule has 0 aliphatic heterocycles. The summed E-state index contributed by atoms with van der Waals surface area (Å²) >= 11 is 0. The zero-order valence-corrected chi connectivity index (χ0v) is 11.8. The fraction of sp³-hybridized carbons (Fsp3) is 0.667. The van der Waals surface area contributed by atoms with Gasteiger partial charge >= 0.3 is 0 Å². The Hall–Kier alpha value is -1.29. The van der Waals surface area contributed by atoms with Gasteiger partial charge in [-0.25, -0.2) is 4.98 Å². The van der Waals surface area contributed by atoms with Gasteiger partial charge in [0.15, 0.2) is 0 Å². The SMILES string of the molecule is CCCNc1cccc(NCCCOCC2CC2)n1. The maximum Gasteiger partial charge on any atom is 0.128 e. The standard InChI is InChI=1S/C15H25N3O/c1-2-9-16-14-5-3-6-15(18-14)17-10-4-11-19-12-13-7-8-13/h3,5-6,13H,2,4,7-12H2,1H3,(H2,16,17,18). The molecule has 0 spiro atoms. The van der Waals surface area contributed by atoms with Gasteiger partial charge in [-0.3, -0.25) is 0 Å². The van der Waals surface area contributed by atoms with Crippen molar-refractivity contribution >= 4 is 11.6 Å². The summed E-state index contributed by atoms with van der Waals surface area (Å²) in [6.07, 6.45) is 4.86. The monoisotopic (exact) mass is 263 g/mol. The molecular formula is C15H25N3O. The zero-order chi connectivity index (χ0) is 13.3. The van der Waals surface area contributed by atoms with E-state index < -0.39 is 0 Å². The average molecular weight is 263 g/mol. The van der Waals surface area contributed by atoms with E-state index in [2.05, 4.69) is 22.5 Å². The summed E-state index contributed by atoms with van der Waals surface area (Å²) in [5.41, 5.74) is 0. The van der Waals surface area contributed by atoms with Crippen LogP contribution in [0.4, 0.5) is 11.6 Å². The van der Waals surface area contributed by atoms with Crippen LogP contribution in [0, 0.1) is 5.92 Å². The quantitative estimate of drug-likeness (QED) is 0.637. The first kappa shape index (κ1) is 14.1. The van der Waals surface area contributed by atoms with Crippen molar-refractivity contribution in [1.82, 2.24) is 4.98 Å². The van der Waals surface area contributed by atoms with Crippen LogP contribution >= 0.6 is 0 Å². The molecule has 1 heterocycles. The Balaban J connectivity index is 1.58. The molecule has 19 heavy (non-hydrogen) atoms. The summed E-state index contributed by atoms with van der Waals surface area (Å²) < 4.78 is 5.60. The van der Waals surface area contributed by atoms with E-state index in [0.29, 0.717) is 0 Å². The maximum absolute atomic E-state index is 5.60. The minimum absolute atomic E-state index is 0.845. The number of ether oxygens (including phenoxy) is 1. The first-order valence-corrected chi connectivity index (χ1v) is 7.41. The van der Waals surface area contributed by atoms with Crippen LogP contribution in [-0.4, -0.2) is 31.3 Å². The van der Waals surface area contributed by atoms with Crippen molar-refractivity contribution in [3.05, 3.63) is 18.2 Å². The van der Waals surface area contributed by atoms with Crippen LogP contribution in [0.15, 0.2) is 18.2 Å². The highest BCUT2D eigenvalue weighted by atomic mass is 16.5. The summed E-state index contributed by atoms with van der Waals surface area (Å²) in [6, 6.07) is 6.03. The Kier molecular flexibility index (Phi) is 5.95. The molecule has 1 aliphatic carbocycles. The van der Waals surface area contributed by atoms with E-state index in [4.69, 9.17) is 4.74 Å². The Morgan fingerprint density at radius 3 is 2.63 bits per heavy atom. The smallest absolute Gasteiger partial charge is 0.128 e. The summed E-state index contributed by atoms with van der Waals surface area (Å²) in [7, 11) is 0. The van der Waals surface area contributed by atoms with Gasteiger partial charge in [0.05, 0.1) is 0 Å². The number of hydrogen-bond acceptors (Lipinski definition) is 4. The van der Waals surface area contributed by atoms with Crippen molar-refractivity contribution in [3.63, 3.8) is 0 Å². The maximum atomic E-state index is 5.60. The molecule has 2 rings (SSSR count). The predicted molar refractivity (Wildman–Crippen MR) is 79.7 cm³/mol. The molecule has 0 radical (unpaired) electrons. The number of rotatable bonds is 10. The van der Waals surface area contributed by atoms with Gasteiger partial charge in [-0.05, 0) is 43.7 Å². The summed E-state index contributed by atoms with van der Waals surface area (Å²) in [5.74, 6) is 2.73. The number of nitrogens with one attached hydrogen (secondary N) is 2. The second-order valence-electron chi connectivity index (χ2n) is 5.13. The lowest BCUT2D eigenvalue weighted by molar-refractivity contribution is 0.124. The van der Waals surface area contributed by atoms with Gasteiger partial charge in [-0.2, -0.15) is 0 Å². The summed E-state index contributed by atoms with van der Waals surface area (Å²) in [6.45, 7) is 5.82. The second kappa shape index (κ2) is 8.00. The highest BCUT2D eigenvalue weighted by Crippen LogP contribution is 2.28. The third-order valence-electron chi connectivity index (χ3n) is 3.13. The highest BCUT2D eigenvalue weighted by Gasteiger charge is 2.20. The lowest BCUT2D eigenvalue weighted by atomic mass is 10.4. The minimum Gasteiger partial charge on any atom is -0.381 e. The van der Waals surface area contributed by atoms with Crippen LogP contribution < -0.4 is 10.6 Å². The van der Waals surface area contributed by atoms with Gasteiger partial charge in [0.2, 0.25) is 0 Å². The van der Waals surface area contributed by atoms with Crippen molar-refractivity contribution in [3.8, 4) is 0 Å². The lowest BCUT2D eigenvalue weighted by Crippen LogP contribution is -2.09. The van der Waals surface area contributed by atoms with Gasteiger partial charge < -0.3 is 15.4 Å². The largest absolute Gasteiger partial charge is 0.381 e. The van der Waals surface area contributed by atoms with Crippen LogP contribution in [0.2, 0.25) is 0 Å². The van der Waals surface area contributed by atoms with E-state index in [1.54, 1.807) is 0 Å². The third-order valence-corrected chi connectivity index (χ3v) is 3.13. The predicted octanol–water partition coefficient (Wildman–Crippen LogP) is 3.13. The number of nitrogens with zero attached hydrogens (tertiary/aromatic N) is 1. The molecular weight excluding hydrogens is 238 g/mol. The molecule has 1 aromatic rings. The fourth-order valence-corrected chi connectivity index (χ4v) is 1.81. The molecule has 106 valence electrons. The molecule has 1 aliphatic rings. The molecule has 0 unspecified atom stereocenters. The van der Waals surface area contributed by atoms with Crippen molar-refractivity contribution in [1.29, 1.82) is 0 Å². The van der Waals surface area contributed by atoms with Crippen molar-refractivity contribution < 1.29 is 4.74 Å². The minimum atomic E-state index is 0.845. The molecule has 2 N–H and O–H groups in total. The molecule has 1 saturated carbocycles. The van der Waals surface area contributed by atoms with Crippen LogP contribution in [0.25, 0.3) is 0 Å². The zero-order valence-electron chi connectivity index (χ0n) is 11.8. The van der Waals surface area contributed by atoms with Gasteiger partial charge in [0, 0.05) is 26.3 Å². The molecule has 4 nitrogen and oxygen atoms in total. The van der Waals surface area contributed by atoms with Crippen LogP contribution in [-0.2, 0) is 4.74 Å². The van der Waals surface area contributed by atoms with E-state index in [1.807, 2.05) is 18.2 Å². The van der Waals surface area contributed by atoms with E-state index in [0.717, 1.165) is 56.7 Å². The number of aromatic nitrogens is 1. The van der Waals surface area contributed by atoms with E-state index in [1.165, 1.54) is 12.8 Å². The van der Waals surface area contributed by atoms with Crippen LogP contribution in [0.3, 0.4) is 0 Å². The van der Waals surface area contributed by atoms with Gasteiger partial charge in [-0.15, -0.1) is 0 Å². The first-order valence-electron chi connectivity index (χ1n) is 7.41. The second-order valence-corrected chi connectivity index (χ2v) is 5.13. The molecule has 0 saturated heterocycles. The van der Waals surface area contributed by atoms with Crippen LogP contribution in [0.1, 0.15) is 32.6 Å². The van der Waals surface area contributed by atoms with E-state index in [-0.39, 0.29) is 0 Å². The molecule has 0 amide bonds. The van der Waals surface area contributed by atoms with E-state index in [9.17, 15) is 0 Å². The molecule has 1 aromatic heterocycles. The number of anilines is 2.